The SMILES string of the molecule is CNC1CCCC1CCOc1ccc2c(c1)OCO2. The molecular formula is C15H21NO3. The van der Waals surface area contributed by atoms with E-state index in [0.717, 1.165) is 36.2 Å². The smallest absolute Gasteiger partial charge is 0.231 e. The maximum atomic E-state index is 5.82. The van der Waals surface area contributed by atoms with Crippen LogP contribution in [0.15, 0.2) is 18.2 Å². The average Bonchev–Trinajstić information content (AvgIpc) is 3.06. The quantitative estimate of drug-likeness (QED) is 0.886. The third-order valence-corrected chi connectivity index (χ3v) is 4.13. The molecule has 1 aromatic rings. The lowest BCUT2D eigenvalue weighted by Gasteiger charge is -2.18. The third kappa shape index (κ3) is 2.78. The molecule has 0 bridgehead atoms. The molecule has 1 heterocycles. The lowest BCUT2D eigenvalue weighted by molar-refractivity contribution is 0.173. The lowest BCUT2D eigenvalue weighted by Crippen LogP contribution is -2.29. The molecule has 0 amide bonds. The van der Waals surface area contributed by atoms with Crippen LogP contribution in [0.2, 0.25) is 0 Å². The van der Waals surface area contributed by atoms with E-state index in [4.69, 9.17) is 14.2 Å². The second-order valence-electron chi connectivity index (χ2n) is 5.24. The van der Waals surface area contributed by atoms with Gasteiger partial charge >= 0.3 is 0 Å². The zero-order valence-corrected chi connectivity index (χ0v) is 11.4. The van der Waals surface area contributed by atoms with Gasteiger partial charge in [0.1, 0.15) is 5.75 Å². The summed E-state index contributed by atoms with van der Waals surface area (Å²) in [5.41, 5.74) is 0. The van der Waals surface area contributed by atoms with Gasteiger partial charge in [-0.3, -0.25) is 0 Å². The molecule has 2 atom stereocenters. The predicted molar refractivity (Wildman–Crippen MR) is 72.9 cm³/mol. The summed E-state index contributed by atoms with van der Waals surface area (Å²) in [6, 6.07) is 6.42. The van der Waals surface area contributed by atoms with E-state index in [-0.39, 0.29) is 0 Å². The van der Waals surface area contributed by atoms with E-state index >= 15 is 0 Å². The van der Waals surface area contributed by atoms with E-state index < -0.39 is 0 Å². The fourth-order valence-electron chi connectivity index (χ4n) is 3.06. The topological polar surface area (TPSA) is 39.7 Å². The van der Waals surface area contributed by atoms with Gasteiger partial charge in [0, 0.05) is 12.1 Å². The van der Waals surface area contributed by atoms with Crippen molar-refractivity contribution in [2.45, 2.75) is 31.7 Å². The number of ether oxygens (including phenoxy) is 3. The molecule has 19 heavy (non-hydrogen) atoms. The minimum atomic E-state index is 0.310. The zero-order valence-electron chi connectivity index (χ0n) is 11.4. The first-order valence-electron chi connectivity index (χ1n) is 7.06. The van der Waals surface area contributed by atoms with E-state index in [1.165, 1.54) is 19.3 Å². The van der Waals surface area contributed by atoms with Crippen molar-refractivity contribution in [3.05, 3.63) is 18.2 Å². The van der Waals surface area contributed by atoms with E-state index in [9.17, 15) is 0 Å². The fraction of sp³-hybridized carbons (Fsp3) is 0.600. The van der Waals surface area contributed by atoms with Crippen molar-refractivity contribution in [2.75, 3.05) is 20.4 Å². The summed E-state index contributed by atoms with van der Waals surface area (Å²) in [7, 11) is 2.06. The molecule has 104 valence electrons. The molecule has 1 aromatic carbocycles. The van der Waals surface area contributed by atoms with Crippen LogP contribution in [-0.4, -0.2) is 26.5 Å². The van der Waals surface area contributed by atoms with Gasteiger partial charge in [-0.1, -0.05) is 6.42 Å². The van der Waals surface area contributed by atoms with Crippen LogP contribution in [0.1, 0.15) is 25.7 Å². The summed E-state index contributed by atoms with van der Waals surface area (Å²) in [5.74, 6) is 3.20. The fourth-order valence-corrected chi connectivity index (χ4v) is 3.06. The summed E-state index contributed by atoms with van der Waals surface area (Å²) in [6.45, 7) is 1.08. The Hall–Kier alpha value is -1.42. The summed E-state index contributed by atoms with van der Waals surface area (Å²) in [5, 5.41) is 3.40. The van der Waals surface area contributed by atoms with Crippen LogP contribution in [0.25, 0.3) is 0 Å². The van der Waals surface area contributed by atoms with Crippen LogP contribution >= 0.6 is 0 Å². The molecule has 1 aliphatic heterocycles. The molecule has 1 aliphatic carbocycles. The molecule has 4 nitrogen and oxygen atoms in total. The molecule has 0 saturated heterocycles. The standard InChI is InChI=1S/C15H21NO3/c1-16-13-4-2-3-11(13)7-8-17-12-5-6-14-15(9-12)19-10-18-14/h5-6,9,11,13,16H,2-4,7-8,10H2,1H3. The number of hydrogen-bond acceptors (Lipinski definition) is 4. The highest BCUT2D eigenvalue weighted by Crippen LogP contribution is 2.35. The summed E-state index contributed by atoms with van der Waals surface area (Å²) in [6.07, 6.45) is 5.06. The third-order valence-electron chi connectivity index (χ3n) is 4.13. The van der Waals surface area contributed by atoms with Crippen LogP contribution in [0.5, 0.6) is 17.2 Å². The first-order valence-corrected chi connectivity index (χ1v) is 7.06. The molecule has 0 aromatic heterocycles. The van der Waals surface area contributed by atoms with Gasteiger partial charge in [-0.2, -0.15) is 0 Å². The zero-order chi connectivity index (χ0) is 13.1. The van der Waals surface area contributed by atoms with Crippen molar-refractivity contribution in [3.8, 4) is 17.2 Å². The molecule has 2 unspecified atom stereocenters. The average molecular weight is 263 g/mol. The maximum Gasteiger partial charge on any atom is 0.231 e. The van der Waals surface area contributed by atoms with Crippen molar-refractivity contribution in [1.29, 1.82) is 0 Å². The van der Waals surface area contributed by atoms with Gasteiger partial charge in [-0.05, 0) is 44.4 Å². The Morgan fingerprint density at radius 1 is 1.26 bits per heavy atom. The van der Waals surface area contributed by atoms with Crippen molar-refractivity contribution < 1.29 is 14.2 Å². The summed E-state index contributed by atoms with van der Waals surface area (Å²) < 4.78 is 16.4. The Labute approximate surface area is 114 Å². The largest absolute Gasteiger partial charge is 0.493 e. The highest BCUT2D eigenvalue weighted by atomic mass is 16.7. The Morgan fingerprint density at radius 2 is 2.16 bits per heavy atom. The normalized spacial score (nSPS) is 24.7. The van der Waals surface area contributed by atoms with Crippen LogP contribution < -0.4 is 19.5 Å². The molecule has 0 spiro atoms. The van der Waals surface area contributed by atoms with Crippen LogP contribution in [0.4, 0.5) is 0 Å². The first kappa shape index (κ1) is 12.6. The van der Waals surface area contributed by atoms with Gasteiger partial charge in [-0.25, -0.2) is 0 Å². The van der Waals surface area contributed by atoms with Crippen molar-refractivity contribution in [2.24, 2.45) is 5.92 Å². The molecule has 4 heteroatoms. The van der Waals surface area contributed by atoms with Gasteiger partial charge in [0.05, 0.1) is 6.61 Å². The van der Waals surface area contributed by atoms with Crippen LogP contribution in [-0.2, 0) is 0 Å². The Kier molecular flexibility index (Phi) is 3.78. The monoisotopic (exact) mass is 263 g/mol. The van der Waals surface area contributed by atoms with Crippen molar-refractivity contribution >= 4 is 0 Å². The highest BCUT2D eigenvalue weighted by Gasteiger charge is 2.25. The van der Waals surface area contributed by atoms with E-state index in [1.807, 2.05) is 18.2 Å². The first-order chi connectivity index (χ1) is 9.36. The Morgan fingerprint density at radius 3 is 3.05 bits per heavy atom. The predicted octanol–water partition coefficient (Wildman–Crippen LogP) is 2.57. The summed E-state index contributed by atoms with van der Waals surface area (Å²) >= 11 is 0. The van der Waals surface area contributed by atoms with Gasteiger partial charge in [0.15, 0.2) is 11.5 Å². The second kappa shape index (κ2) is 5.70. The van der Waals surface area contributed by atoms with Gasteiger partial charge in [0.2, 0.25) is 6.79 Å². The van der Waals surface area contributed by atoms with Crippen LogP contribution in [0, 0.1) is 5.92 Å². The number of rotatable bonds is 5. The summed E-state index contributed by atoms with van der Waals surface area (Å²) in [4.78, 5) is 0. The van der Waals surface area contributed by atoms with Gasteiger partial charge in [0.25, 0.3) is 0 Å². The molecule has 1 fully saturated rings. The van der Waals surface area contributed by atoms with Gasteiger partial charge in [-0.15, -0.1) is 0 Å². The maximum absolute atomic E-state index is 5.82. The molecular weight excluding hydrogens is 242 g/mol. The number of nitrogens with one attached hydrogen (secondary N) is 1. The van der Waals surface area contributed by atoms with Crippen LogP contribution in [0.3, 0.4) is 0 Å². The minimum absolute atomic E-state index is 0.310. The second-order valence-corrected chi connectivity index (χ2v) is 5.24. The number of fused-ring (bicyclic) bond motifs is 1. The van der Waals surface area contributed by atoms with Crippen molar-refractivity contribution in [3.63, 3.8) is 0 Å². The molecule has 1 N–H and O–H groups in total. The molecule has 0 radical (unpaired) electrons. The Balaban J connectivity index is 1.50. The molecule has 1 saturated carbocycles. The van der Waals surface area contributed by atoms with Gasteiger partial charge < -0.3 is 19.5 Å². The number of benzene rings is 1. The molecule has 3 rings (SSSR count). The Bertz CT molecular complexity index is 435. The highest BCUT2D eigenvalue weighted by molar-refractivity contribution is 5.46. The number of hydrogen-bond donors (Lipinski definition) is 1. The lowest BCUT2D eigenvalue weighted by atomic mass is 10.0. The minimum Gasteiger partial charge on any atom is -0.493 e. The van der Waals surface area contributed by atoms with Crippen molar-refractivity contribution in [1.82, 2.24) is 5.32 Å². The van der Waals surface area contributed by atoms with E-state index in [2.05, 4.69) is 12.4 Å². The van der Waals surface area contributed by atoms with E-state index in [0.29, 0.717) is 12.8 Å². The molecule has 2 aliphatic rings. The van der Waals surface area contributed by atoms with E-state index in [1.54, 1.807) is 0 Å².